The summed E-state index contributed by atoms with van der Waals surface area (Å²) in [5.41, 5.74) is 4.80. The van der Waals surface area contributed by atoms with Gasteiger partial charge in [0.05, 0.1) is 17.0 Å². The highest BCUT2D eigenvalue weighted by molar-refractivity contribution is 7.19. The first-order chi connectivity index (χ1) is 15.2. The van der Waals surface area contributed by atoms with Gasteiger partial charge in [-0.3, -0.25) is 9.59 Å². The van der Waals surface area contributed by atoms with Gasteiger partial charge in [-0.2, -0.15) is 0 Å². The molecule has 0 unspecified atom stereocenters. The van der Waals surface area contributed by atoms with E-state index < -0.39 is 5.97 Å². The Balaban J connectivity index is 1.96. The Morgan fingerprint density at radius 1 is 0.906 bits per heavy atom. The molecule has 7 heteroatoms. The second-order valence-corrected chi connectivity index (χ2v) is 8.60. The van der Waals surface area contributed by atoms with E-state index in [9.17, 15) is 14.4 Å². The molecule has 6 nitrogen and oxygen atoms in total. The van der Waals surface area contributed by atoms with E-state index in [1.54, 1.807) is 32.0 Å². The molecule has 1 aromatic heterocycles. The molecule has 32 heavy (non-hydrogen) atoms. The molecule has 0 bridgehead atoms. The van der Waals surface area contributed by atoms with Crippen LogP contribution in [0.1, 0.15) is 59.6 Å². The molecular formula is C25H26N2O4S. The number of esters is 1. The van der Waals surface area contributed by atoms with Crippen molar-refractivity contribution in [3.8, 4) is 0 Å². The number of aryl methyl sites for hydroxylation is 3. The highest BCUT2D eigenvalue weighted by Gasteiger charge is 2.27. The standard InChI is InChI=1S/C25H26N2O4S/c1-6-31-25(30)20-17(5)21(23(29)26-19-11-10-15(3)12-16(19)4)32-24(20)27-22(28)18-9-7-8-14(2)13-18/h7-13H,6H2,1-5H3,(H,26,29)(H,27,28). The molecule has 0 aliphatic heterocycles. The zero-order valence-electron chi connectivity index (χ0n) is 18.8. The van der Waals surface area contributed by atoms with Crippen LogP contribution in [-0.4, -0.2) is 24.4 Å². The summed E-state index contributed by atoms with van der Waals surface area (Å²) in [4.78, 5) is 38.8. The molecule has 3 aromatic rings. The maximum atomic E-state index is 13.1. The van der Waals surface area contributed by atoms with Crippen LogP contribution in [0.15, 0.2) is 42.5 Å². The third-order valence-corrected chi connectivity index (χ3v) is 6.18. The minimum Gasteiger partial charge on any atom is -0.462 e. The zero-order chi connectivity index (χ0) is 23.4. The van der Waals surface area contributed by atoms with E-state index in [2.05, 4.69) is 10.6 Å². The fourth-order valence-electron chi connectivity index (χ4n) is 3.36. The average Bonchev–Trinajstić information content (AvgIpc) is 3.06. The second-order valence-electron chi connectivity index (χ2n) is 7.58. The van der Waals surface area contributed by atoms with Crippen LogP contribution in [0.25, 0.3) is 0 Å². The van der Waals surface area contributed by atoms with Crippen molar-refractivity contribution < 1.29 is 19.1 Å². The predicted molar refractivity (Wildman–Crippen MR) is 128 cm³/mol. The van der Waals surface area contributed by atoms with Crippen LogP contribution < -0.4 is 10.6 Å². The van der Waals surface area contributed by atoms with Gasteiger partial charge in [-0.15, -0.1) is 11.3 Å². The van der Waals surface area contributed by atoms with Gasteiger partial charge in [0.25, 0.3) is 11.8 Å². The Bertz CT molecular complexity index is 1200. The zero-order valence-corrected chi connectivity index (χ0v) is 19.6. The lowest BCUT2D eigenvalue weighted by Crippen LogP contribution is -2.15. The van der Waals surface area contributed by atoms with E-state index in [4.69, 9.17) is 4.74 Å². The van der Waals surface area contributed by atoms with Gasteiger partial charge >= 0.3 is 5.97 Å². The Morgan fingerprint density at radius 3 is 2.28 bits per heavy atom. The molecule has 3 rings (SSSR count). The molecule has 0 fully saturated rings. The van der Waals surface area contributed by atoms with E-state index in [-0.39, 0.29) is 24.0 Å². The van der Waals surface area contributed by atoms with Crippen molar-refractivity contribution in [1.29, 1.82) is 0 Å². The van der Waals surface area contributed by atoms with Crippen LogP contribution in [0.3, 0.4) is 0 Å². The number of hydrogen-bond donors (Lipinski definition) is 2. The lowest BCUT2D eigenvalue weighted by Gasteiger charge is -2.09. The van der Waals surface area contributed by atoms with Crippen molar-refractivity contribution >= 4 is 39.8 Å². The molecule has 1 heterocycles. The van der Waals surface area contributed by atoms with Gasteiger partial charge in [-0.25, -0.2) is 4.79 Å². The monoisotopic (exact) mass is 450 g/mol. The van der Waals surface area contributed by atoms with Crippen molar-refractivity contribution in [1.82, 2.24) is 0 Å². The van der Waals surface area contributed by atoms with Gasteiger partial charge in [0.1, 0.15) is 5.00 Å². The Hall–Kier alpha value is -3.45. The maximum Gasteiger partial charge on any atom is 0.341 e. The summed E-state index contributed by atoms with van der Waals surface area (Å²) in [7, 11) is 0. The van der Waals surface area contributed by atoms with Crippen LogP contribution in [0, 0.1) is 27.7 Å². The van der Waals surface area contributed by atoms with E-state index in [0.717, 1.165) is 28.0 Å². The minimum absolute atomic E-state index is 0.184. The van der Waals surface area contributed by atoms with E-state index in [1.807, 2.05) is 45.0 Å². The number of benzene rings is 2. The third-order valence-electron chi connectivity index (χ3n) is 4.97. The molecule has 0 saturated heterocycles. The van der Waals surface area contributed by atoms with E-state index >= 15 is 0 Å². The summed E-state index contributed by atoms with van der Waals surface area (Å²) in [6, 6.07) is 12.9. The van der Waals surface area contributed by atoms with Crippen LogP contribution in [0.4, 0.5) is 10.7 Å². The van der Waals surface area contributed by atoms with Gasteiger partial charge in [-0.05, 0) is 63.9 Å². The summed E-state index contributed by atoms with van der Waals surface area (Å²) < 4.78 is 5.18. The first-order valence-corrected chi connectivity index (χ1v) is 11.1. The SMILES string of the molecule is CCOC(=O)c1c(NC(=O)c2cccc(C)c2)sc(C(=O)Nc2ccc(C)cc2C)c1C. The second kappa shape index (κ2) is 9.78. The first-order valence-electron chi connectivity index (χ1n) is 10.3. The van der Waals surface area contributed by atoms with Gasteiger partial charge in [0, 0.05) is 11.3 Å². The number of amides is 2. The molecule has 0 radical (unpaired) electrons. The molecule has 2 amide bonds. The third kappa shape index (κ3) is 5.06. The Labute approximate surface area is 191 Å². The largest absolute Gasteiger partial charge is 0.462 e. The minimum atomic E-state index is -0.577. The summed E-state index contributed by atoms with van der Waals surface area (Å²) in [5.74, 6) is -1.28. The smallest absolute Gasteiger partial charge is 0.341 e. The topological polar surface area (TPSA) is 84.5 Å². The molecule has 2 aromatic carbocycles. The van der Waals surface area contributed by atoms with Crippen molar-refractivity contribution in [2.45, 2.75) is 34.6 Å². The lowest BCUT2D eigenvalue weighted by molar-refractivity contribution is 0.0527. The molecular weight excluding hydrogens is 424 g/mol. The number of nitrogens with one attached hydrogen (secondary N) is 2. The van der Waals surface area contributed by atoms with Crippen LogP contribution in [0.5, 0.6) is 0 Å². The maximum absolute atomic E-state index is 13.1. The average molecular weight is 451 g/mol. The van der Waals surface area contributed by atoms with E-state index in [1.165, 1.54) is 0 Å². The lowest BCUT2D eigenvalue weighted by atomic mass is 10.1. The fourth-order valence-corrected chi connectivity index (χ4v) is 4.45. The van der Waals surface area contributed by atoms with Crippen LogP contribution in [0.2, 0.25) is 0 Å². The number of thiophene rings is 1. The van der Waals surface area contributed by atoms with Crippen molar-refractivity contribution in [3.63, 3.8) is 0 Å². The molecule has 0 saturated carbocycles. The number of rotatable bonds is 6. The molecule has 0 atom stereocenters. The highest BCUT2D eigenvalue weighted by atomic mass is 32.1. The summed E-state index contributed by atoms with van der Waals surface area (Å²) >= 11 is 1.06. The summed E-state index contributed by atoms with van der Waals surface area (Å²) in [5, 5.41) is 5.99. The Kier molecular flexibility index (Phi) is 7.10. The van der Waals surface area contributed by atoms with Crippen molar-refractivity contribution in [3.05, 3.63) is 80.7 Å². The molecule has 2 N–H and O–H groups in total. The number of ether oxygens (including phenoxy) is 1. The van der Waals surface area contributed by atoms with Crippen LogP contribution >= 0.6 is 11.3 Å². The van der Waals surface area contributed by atoms with Crippen molar-refractivity contribution in [2.24, 2.45) is 0 Å². The molecule has 166 valence electrons. The van der Waals surface area contributed by atoms with Crippen LogP contribution in [-0.2, 0) is 4.74 Å². The highest BCUT2D eigenvalue weighted by Crippen LogP contribution is 2.35. The van der Waals surface area contributed by atoms with Gasteiger partial charge in [0.15, 0.2) is 0 Å². The first kappa shape index (κ1) is 23.2. The number of hydrogen-bond acceptors (Lipinski definition) is 5. The number of anilines is 2. The molecule has 0 aliphatic rings. The predicted octanol–water partition coefficient (Wildman–Crippen LogP) is 5.66. The summed E-state index contributed by atoms with van der Waals surface area (Å²) in [6.45, 7) is 9.37. The Morgan fingerprint density at radius 2 is 1.62 bits per heavy atom. The molecule has 0 aliphatic carbocycles. The number of carbonyl (C=O) groups is 3. The van der Waals surface area contributed by atoms with Crippen molar-refractivity contribution in [2.75, 3.05) is 17.2 Å². The molecule has 0 spiro atoms. The van der Waals surface area contributed by atoms with Gasteiger partial charge in [0.2, 0.25) is 0 Å². The fraction of sp³-hybridized carbons (Fsp3) is 0.240. The number of carbonyl (C=O) groups excluding carboxylic acids is 3. The van der Waals surface area contributed by atoms with Gasteiger partial charge < -0.3 is 15.4 Å². The quantitative estimate of drug-likeness (QED) is 0.474. The normalized spacial score (nSPS) is 10.5. The van der Waals surface area contributed by atoms with Gasteiger partial charge in [-0.1, -0.05) is 35.4 Å². The summed E-state index contributed by atoms with van der Waals surface area (Å²) in [6.07, 6.45) is 0. The van der Waals surface area contributed by atoms with E-state index in [0.29, 0.717) is 26.7 Å².